The fourth-order valence-electron chi connectivity index (χ4n) is 2.34. The number of hydrogen-bond donors (Lipinski definition) is 2. The Balaban J connectivity index is 1.90. The van der Waals surface area contributed by atoms with Gasteiger partial charge in [0, 0.05) is 4.88 Å². The smallest absolute Gasteiger partial charge is 0.259 e. The fourth-order valence-corrected chi connectivity index (χ4v) is 3.38. The van der Waals surface area contributed by atoms with E-state index in [2.05, 4.69) is 15.3 Å². The topological polar surface area (TPSA) is 112 Å². The van der Waals surface area contributed by atoms with Crippen LogP contribution >= 0.6 is 11.3 Å². The highest BCUT2D eigenvalue weighted by atomic mass is 32.1. The average molecular weight is 342 g/mol. The van der Waals surface area contributed by atoms with Gasteiger partial charge in [-0.25, -0.2) is 4.98 Å². The number of fused-ring (bicyclic) bond motifs is 1. The molecule has 122 valence electrons. The van der Waals surface area contributed by atoms with Crippen molar-refractivity contribution >= 4 is 27.5 Å². The van der Waals surface area contributed by atoms with Gasteiger partial charge in [-0.05, 0) is 31.5 Å². The molecule has 0 aromatic carbocycles. The summed E-state index contributed by atoms with van der Waals surface area (Å²) in [6.45, 7) is 3.91. The molecule has 0 unspecified atom stereocenters. The van der Waals surface area contributed by atoms with Crippen LogP contribution in [0.15, 0.2) is 27.6 Å². The number of nitrogens with zero attached hydrogens (tertiary/aromatic N) is 2. The summed E-state index contributed by atoms with van der Waals surface area (Å²) in [5.41, 5.74) is 0.530. The van der Waals surface area contributed by atoms with Crippen molar-refractivity contribution < 1.29 is 9.21 Å². The average Bonchev–Trinajstić information content (AvgIpc) is 3.15. The number of aryl methyl sites for hydroxylation is 2. The number of nitrogens with one attached hydrogen (secondary N) is 2. The van der Waals surface area contributed by atoms with E-state index in [1.165, 1.54) is 17.6 Å². The van der Waals surface area contributed by atoms with Crippen LogP contribution < -0.4 is 10.9 Å². The van der Waals surface area contributed by atoms with Gasteiger partial charge in [0.05, 0.1) is 24.3 Å². The van der Waals surface area contributed by atoms with E-state index in [1.807, 2.05) is 19.9 Å². The van der Waals surface area contributed by atoms with Crippen LogP contribution in [0.1, 0.15) is 27.9 Å². The number of amides is 1. The molecule has 3 aromatic rings. The minimum atomic E-state index is -1.19. The first-order valence-electron chi connectivity index (χ1n) is 7.21. The van der Waals surface area contributed by atoms with E-state index in [4.69, 9.17) is 4.42 Å². The molecule has 0 aliphatic carbocycles. The van der Waals surface area contributed by atoms with Gasteiger partial charge in [-0.2, -0.15) is 5.26 Å². The molecule has 24 heavy (non-hydrogen) atoms. The molecule has 1 atom stereocenters. The predicted octanol–water partition coefficient (Wildman–Crippen LogP) is 2.12. The molecule has 0 bridgehead atoms. The third-order valence-electron chi connectivity index (χ3n) is 3.74. The first-order valence-corrected chi connectivity index (χ1v) is 8.02. The molecule has 7 nitrogen and oxygen atoms in total. The van der Waals surface area contributed by atoms with Crippen LogP contribution in [0.3, 0.4) is 0 Å². The molecule has 3 aromatic heterocycles. The standard InChI is InChI=1S/C16H14N4O3S/c1-8-9(2)24-16-12(8)15(22)19-13(20-16)11(6-17)14(21)18-7-10-4-3-5-23-10/h3-5,11H,7H2,1-2H3,(H,18,21)(H,19,20,22)/t11-/m1/s1. The number of rotatable bonds is 4. The number of H-pyrrole nitrogens is 1. The zero-order valence-corrected chi connectivity index (χ0v) is 13.9. The van der Waals surface area contributed by atoms with Crippen LogP contribution in [-0.2, 0) is 11.3 Å². The highest BCUT2D eigenvalue weighted by Crippen LogP contribution is 2.26. The summed E-state index contributed by atoms with van der Waals surface area (Å²) in [4.78, 5) is 32.9. The van der Waals surface area contributed by atoms with Gasteiger partial charge in [0.25, 0.3) is 5.56 Å². The molecule has 0 fully saturated rings. The lowest BCUT2D eigenvalue weighted by molar-refractivity contribution is -0.121. The molecule has 0 saturated heterocycles. The number of thiophene rings is 1. The largest absolute Gasteiger partial charge is 0.467 e. The van der Waals surface area contributed by atoms with Gasteiger partial charge in [-0.1, -0.05) is 0 Å². The van der Waals surface area contributed by atoms with E-state index in [9.17, 15) is 14.9 Å². The molecule has 0 aliphatic rings. The van der Waals surface area contributed by atoms with Crippen molar-refractivity contribution in [1.82, 2.24) is 15.3 Å². The zero-order chi connectivity index (χ0) is 17.3. The van der Waals surface area contributed by atoms with Crippen LogP contribution in [0.4, 0.5) is 0 Å². The second kappa shape index (κ2) is 6.29. The molecule has 3 heterocycles. The maximum absolute atomic E-state index is 12.3. The third kappa shape index (κ3) is 2.81. The lowest BCUT2D eigenvalue weighted by atomic mass is 10.1. The van der Waals surface area contributed by atoms with Crippen LogP contribution in [0.5, 0.6) is 0 Å². The number of carbonyl (C=O) groups excluding carboxylic acids is 1. The van der Waals surface area contributed by atoms with Crippen molar-refractivity contribution in [3.05, 3.63) is 50.8 Å². The number of aromatic amines is 1. The highest BCUT2D eigenvalue weighted by molar-refractivity contribution is 7.18. The van der Waals surface area contributed by atoms with Crippen molar-refractivity contribution in [3.8, 4) is 6.07 Å². The predicted molar refractivity (Wildman–Crippen MR) is 88.6 cm³/mol. The Morgan fingerprint density at radius 3 is 3.00 bits per heavy atom. The van der Waals surface area contributed by atoms with Crippen molar-refractivity contribution in [2.45, 2.75) is 26.3 Å². The monoisotopic (exact) mass is 342 g/mol. The molecule has 0 radical (unpaired) electrons. The summed E-state index contributed by atoms with van der Waals surface area (Å²) in [7, 11) is 0. The summed E-state index contributed by atoms with van der Waals surface area (Å²) in [6, 6.07) is 5.31. The minimum absolute atomic E-state index is 0.0493. The lowest BCUT2D eigenvalue weighted by Crippen LogP contribution is -2.30. The van der Waals surface area contributed by atoms with Gasteiger partial charge in [0.1, 0.15) is 16.4 Å². The van der Waals surface area contributed by atoms with E-state index < -0.39 is 11.8 Å². The zero-order valence-electron chi connectivity index (χ0n) is 13.0. The lowest BCUT2D eigenvalue weighted by Gasteiger charge is -2.09. The second-order valence-corrected chi connectivity index (χ2v) is 6.48. The Hall–Kier alpha value is -2.92. The van der Waals surface area contributed by atoms with Crippen LogP contribution in [-0.4, -0.2) is 15.9 Å². The number of carbonyl (C=O) groups is 1. The SMILES string of the molecule is Cc1sc2nc([C@@H](C#N)C(=O)NCc3ccco3)[nH]c(=O)c2c1C. The normalized spacial score (nSPS) is 12.0. The summed E-state index contributed by atoms with van der Waals surface area (Å²) in [5, 5.41) is 12.5. The van der Waals surface area contributed by atoms with E-state index in [-0.39, 0.29) is 17.9 Å². The van der Waals surface area contributed by atoms with Gasteiger partial charge >= 0.3 is 0 Å². The maximum atomic E-state index is 12.3. The van der Waals surface area contributed by atoms with Gasteiger partial charge in [0.15, 0.2) is 5.92 Å². The number of hydrogen-bond acceptors (Lipinski definition) is 6. The molecule has 1 amide bonds. The molecular formula is C16H14N4O3S. The molecule has 3 rings (SSSR count). The first kappa shape index (κ1) is 16.0. The third-order valence-corrected chi connectivity index (χ3v) is 4.84. The Morgan fingerprint density at radius 2 is 2.33 bits per heavy atom. The molecule has 8 heteroatoms. The molecule has 0 aliphatic heterocycles. The first-order chi connectivity index (χ1) is 11.5. The van der Waals surface area contributed by atoms with Gasteiger partial charge in [-0.15, -0.1) is 11.3 Å². The summed E-state index contributed by atoms with van der Waals surface area (Å²) >= 11 is 1.37. The van der Waals surface area contributed by atoms with E-state index >= 15 is 0 Å². The Bertz CT molecular complexity index is 995. The van der Waals surface area contributed by atoms with E-state index in [0.29, 0.717) is 16.0 Å². The van der Waals surface area contributed by atoms with E-state index in [1.54, 1.807) is 12.1 Å². The van der Waals surface area contributed by atoms with Crippen LogP contribution in [0.25, 0.3) is 10.2 Å². The number of furan rings is 1. The van der Waals surface area contributed by atoms with Crippen molar-refractivity contribution in [2.24, 2.45) is 0 Å². The minimum Gasteiger partial charge on any atom is -0.467 e. The van der Waals surface area contributed by atoms with Crippen LogP contribution in [0.2, 0.25) is 0 Å². The van der Waals surface area contributed by atoms with Crippen molar-refractivity contribution in [3.63, 3.8) is 0 Å². The summed E-state index contributed by atoms with van der Waals surface area (Å²) in [5.74, 6) is -1.11. The Morgan fingerprint density at radius 1 is 1.54 bits per heavy atom. The number of aromatic nitrogens is 2. The molecule has 2 N–H and O–H groups in total. The van der Waals surface area contributed by atoms with E-state index in [0.717, 1.165) is 10.4 Å². The van der Waals surface area contributed by atoms with Gasteiger partial charge in [0.2, 0.25) is 5.91 Å². The fraction of sp³-hybridized carbons (Fsp3) is 0.250. The summed E-state index contributed by atoms with van der Waals surface area (Å²) in [6.07, 6.45) is 1.50. The summed E-state index contributed by atoms with van der Waals surface area (Å²) < 4.78 is 5.13. The Labute approximate surface area is 140 Å². The van der Waals surface area contributed by atoms with Gasteiger partial charge in [-0.3, -0.25) is 9.59 Å². The quantitative estimate of drug-likeness (QED) is 0.754. The molecule has 0 saturated carbocycles. The van der Waals surface area contributed by atoms with Gasteiger partial charge < -0.3 is 14.7 Å². The van der Waals surface area contributed by atoms with Crippen molar-refractivity contribution in [1.29, 1.82) is 5.26 Å². The molecule has 0 spiro atoms. The Kier molecular flexibility index (Phi) is 4.18. The second-order valence-electron chi connectivity index (χ2n) is 5.27. The molecular weight excluding hydrogens is 328 g/mol. The van der Waals surface area contributed by atoms with Crippen LogP contribution in [0, 0.1) is 25.2 Å². The number of nitriles is 1. The highest BCUT2D eigenvalue weighted by Gasteiger charge is 2.24. The van der Waals surface area contributed by atoms with Crippen molar-refractivity contribution in [2.75, 3.05) is 0 Å². The maximum Gasteiger partial charge on any atom is 0.259 e.